The van der Waals surface area contributed by atoms with Gasteiger partial charge in [-0.3, -0.25) is 4.79 Å². The van der Waals surface area contributed by atoms with Crippen LogP contribution in [0, 0.1) is 17.3 Å². The molecule has 3 atom stereocenters. The number of carbonyl (C=O) groups is 1. The fourth-order valence-electron chi connectivity index (χ4n) is 7.86. The Balaban J connectivity index is 1.17. The molecule has 4 rings (SSSR count). The molecule has 4 aliphatic rings. The zero-order valence-electron chi connectivity index (χ0n) is 19.9. The van der Waals surface area contributed by atoms with E-state index in [0.717, 1.165) is 24.7 Å². The number of fused-ring (bicyclic) bond motifs is 4. The summed E-state index contributed by atoms with van der Waals surface area (Å²) in [4.78, 5) is 10.5. The second-order valence-corrected chi connectivity index (χ2v) is 11.2. The Labute approximate surface area is 191 Å². The molecule has 1 N–H and O–H groups in total. The lowest BCUT2D eigenvalue weighted by atomic mass is 9.56. The molecule has 2 fully saturated rings. The maximum absolute atomic E-state index is 10.5. The number of hydrogen-bond acceptors (Lipinski definition) is 1. The second-order valence-electron chi connectivity index (χ2n) is 11.2. The van der Waals surface area contributed by atoms with Crippen LogP contribution < -0.4 is 0 Å². The monoisotopic (exact) mass is 426 g/mol. The van der Waals surface area contributed by atoms with Crippen LogP contribution in [0.4, 0.5) is 0 Å². The highest BCUT2D eigenvalue weighted by Gasteiger charge is 2.50. The molecule has 2 heteroatoms. The van der Waals surface area contributed by atoms with Crippen molar-refractivity contribution in [3.8, 4) is 0 Å². The van der Waals surface area contributed by atoms with Gasteiger partial charge in [0.1, 0.15) is 0 Å². The summed E-state index contributed by atoms with van der Waals surface area (Å²) in [7, 11) is 0. The van der Waals surface area contributed by atoms with E-state index in [1.807, 2.05) is 11.1 Å². The van der Waals surface area contributed by atoms with Crippen LogP contribution in [0.2, 0.25) is 0 Å². The predicted molar refractivity (Wildman–Crippen MR) is 129 cm³/mol. The Kier molecular flexibility index (Phi) is 8.35. The molecule has 0 aromatic heterocycles. The predicted octanol–water partition coefficient (Wildman–Crippen LogP) is 8.76. The van der Waals surface area contributed by atoms with Gasteiger partial charge in [0.25, 0.3) is 0 Å². The molecule has 174 valence electrons. The number of unbranched alkanes of at least 4 members (excludes halogenated alkanes) is 8. The average molecular weight is 427 g/mol. The Morgan fingerprint density at radius 2 is 1.61 bits per heavy atom. The van der Waals surface area contributed by atoms with Crippen molar-refractivity contribution in [1.29, 1.82) is 0 Å². The minimum absolute atomic E-state index is 0.347. The zero-order chi connectivity index (χ0) is 21.5. The lowest BCUT2D eigenvalue weighted by Gasteiger charge is -2.49. The minimum Gasteiger partial charge on any atom is -0.481 e. The molecule has 4 aliphatic carbocycles. The van der Waals surface area contributed by atoms with Gasteiger partial charge in [0.15, 0.2) is 0 Å². The van der Waals surface area contributed by atoms with Crippen molar-refractivity contribution in [3.05, 3.63) is 22.8 Å². The smallest absolute Gasteiger partial charge is 0.303 e. The van der Waals surface area contributed by atoms with Crippen LogP contribution in [0.1, 0.15) is 135 Å². The highest BCUT2D eigenvalue weighted by Crippen LogP contribution is 2.62. The van der Waals surface area contributed by atoms with E-state index in [-0.39, 0.29) is 0 Å². The molecular weight excluding hydrogens is 380 g/mol. The van der Waals surface area contributed by atoms with Crippen molar-refractivity contribution in [3.63, 3.8) is 0 Å². The Morgan fingerprint density at radius 1 is 0.871 bits per heavy atom. The first-order valence-corrected chi connectivity index (χ1v) is 13.8. The summed E-state index contributed by atoms with van der Waals surface area (Å²) in [5.74, 6) is 1.31. The van der Waals surface area contributed by atoms with Gasteiger partial charge >= 0.3 is 5.97 Å². The molecule has 0 unspecified atom stereocenters. The molecule has 0 heterocycles. The first kappa shape index (κ1) is 23.1. The van der Waals surface area contributed by atoms with Crippen LogP contribution in [-0.2, 0) is 4.79 Å². The Bertz CT molecular complexity index is 672. The molecule has 0 aromatic rings. The van der Waals surface area contributed by atoms with E-state index in [1.54, 1.807) is 5.57 Å². The quantitative estimate of drug-likeness (QED) is 0.317. The second kappa shape index (κ2) is 11.2. The molecule has 2 nitrogen and oxygen atoms in total. The number of aliphatic carboxylic acids is 1. The third-order valence-electron chi connectivity index (χ3n) is 9.39. The molecule has 0 amide bonds. The van der Waals surface area contributed by atoms with Gasteiger partial charge in [-0.2, -0.15) is 0 Å². The van der Waals surface area contributed by atoms with Gasteiger partial charge in [0.05, 0.1) is 0 Å². The summed E-state index contributed by atoms with van der Waals surface area (Å²) in [6.45, 7) is 0. The van der Waals surface area contributed by atoms with E-state index in [9.17, 15) is 4.79 Å². The summed E-state index contributed by atoms with van der Waals surface area (Å²) in [5, 5.41) is 8.69. The van der Waals surface area contributed by atoms with Gasteiger partial charge in [-0.1, -0.05) is 69.4 Å². The lowest BCUT2D eigenvalue weighted by Crippen LogP contribution is -2.38. The van der Waals surface area contributed by atoms with Crippen molar-refractivity contribution < 1.29 is 9.90 Å². The largest absolute Gasteiger partial charge is 0.481 e. The first-order chi connectivity index (χ1) is 15.2. The van der Waals surface area contributed by atoms with Gasteiger partial charge < -0.3 is 5.11 Å². The Morgan fingerprint density at radius 3 is 2.39 bits per heavy atom. The first-order valence-electron chi connectivity index (χ1n) is 13.8. The molecule has 0 spiro atoms. The summed E-state index contributed by atoms with van der Waals surface area (Å²) >= 11 is 0. The standard InChI is InChI=1S/C29H46O2/c30-28(31)16-8-6-4-2-1-3-5-7-11-20-29-21-12-15-27(29)26-18-17-23-13-9-10-14-24(23)25(26)19-22-29/h13,26-27H,1-12,14-22H2,(H,30,31)/t26-,27+,29+/m1/s1. The van der Waals surface area contributed by atoms with Gasteiger partial charge in [-0.05, 0) is 99.0 Å². The molecular formula is C29H46O2. The summed E-state index contributed by atoms with van der Waals surface area (Å²) < 4.78 is 0. The van der Waals surface area contributed by atoms with Crippen LogP contribution >= 0.6 is 0 Å². The van der Waals surface area contributed by atoms with Crippen molar-refractivity contribution in [2.45, 2.75) is 135 Å². The normalized spacial score (nSPS) is 29.9. The van der Waals surface area contributed by atoms with Crippen molar-refractivity contribution >= 4 is 5.97 Å². The SMILES string of the molecule is O=C(O)CCCCCCCCCCC[C@@]12CCC[C@H]1[C@@H]1CCC3=CCCCC3=C1CC2. The third-order valence-corrected chi connectivity index (χ3v) is 9.39. The number of carboxylic acids is 1. The fourth-order valence-corrected chi connectivity index (χ4v) is 7.86. The zero-order valence-corrected chi connectivity index (χ0v) is 19.9. The van der Waals surface area contributed by atoms with Crippen molar-refractivity contribution in [1.82, 2.24) is 0 Å². The van der Waals surface area contributed by atoms with Crippen LogP contribution in [-0.4, -0.2) is 11.1 Å². The molecule has 0 aromatic carbocycles. The molecule has 0 saturated heterocycles. The maximum atomic E-state index is 10.5. The van der Waals surface area contributed by atoms with E-state index in [0.29, 0.717) is 11.8 Å². The van der Waals surface area contributed by atoms with Crippen LogP contribution in [0.15, 0.2) is 22.8 Å². The van der Waals surface area contributed by atoms with E-state index in [4.69, 9.17) is 5.11 Å². The summed E-state index contributed by atoms with van der Waals surface area (Å²) in [6.07, 6.45) is 30.3. The third kappa shape index (κ3) is 5.66. The highest BCUT2D eigenvalue weighted by atomic mass is 16.4. The molecule has 0 radical (unpaired) electrons. The van der Waals surface area contributed by atoms with Crippen molar-refractivity contribution in [2.24, 2.45) is 17.3 Å². The number of carboxylic acid groups (broad SMARTS) is 1. The highest BCUT2D eigenvalue weighted by molar-refractivity contribution is 5.66. The van der Waals surface area contributed by atoms with Gasteiger partial charge in [0, 0.05) is 6.42 Å². The summed E-state index contributed by atoms with van der Waals surface area (Å²) in [6, 6.07) is 0. The van der Waals surface area contributed by atoms with Crippen LogP contribution in [0.3, 0.4) is 0 Å². The van der Waals surface area contributed by atoms with Gasteiger partial charge in [0.2, 0.25) is 0 Å². The lowest BCUT2D eigenvalue weighted by molar-refractivity contribution is -0.137. The van der Waals surface area contributed by atoms with Gasteiger partial charge in [-0.25, -0.2) is 0 Å². The molecule has 2 saturated carbocycles. The molecule has 31 heavy (non-hydrogen) atoms. The van der Waals surface area contributed by atoms with E-state index >= 15 is 0 Å². The Hall–Kier alpha value is -1.05. The number of allylic oxidation sites excluding steroid dienone is 4. The topological polar surface area (TPSA) is 37.3 Å². The van der Waals surface area contributed by atoms with Crippen LogP contribution in [0.5, 0.6) is 0 Å². The van der Waals surface area contributed by atoms with E-state index in [1.165, 1.54) is 116 Å². The number of hydrogen-bond donors (Lipinski definition) is 1. The van der Waals surface area contributed by atoms with E-state index in [2.05, 4.69) is 6.08 Å². The summed E-state index contributed by atoms with van der Waals surface area (Å²) in [5.41, 5.74) is 6.23. The molecule has 0 bridgehead atoms. The van der Waals surface area contributed by atoms with Gasteiger partial charge in [-0.15, -0.1) is 0 Å². The average Bonchev–Trinajstić information content (AvgIpc) is 3.21. The van der Waals surface area contributed by atoms with E-state index < -0.39 is 5.97 Å². The minimum atomic E-state index is -0.645. The fraction of sp³-hybridized carbons (Fsp3) is 0.828. The molecule has 0 aliphatic heterocycles. The maximum Gasteiger partial charge on any atom is 0.303 e. The number of rotatable bonds is 12. The van der Waals surface area contributed by atoms with Crippen LogP contribution in [0.25, 0.3) is 0 Å². The van der Waals surface area contributed by atoms with Crippen molar-refractivity contribution in [2.75, 3.05) is 0 Å².